The Morgan fingerprint density at radius 1 is 1.14 bits per heavy atom. The molecule has 0 saturated heterocycles. The van der Waals surface area contributed by atoms with Crippen LogP contribution in [0, 0.1) is 10.1 Å². The molecule has 0 fully saturated rings. The third kappa shape index (κ3) is 2.54. The zero-order valence-electron chi connectivity index (χ0n) is 11.8. The molecule has 6 nitrogen and oxygen atoms in total. The van der Waals surface area contributed by atoms with Gasteiger partial charge in [-0.25, -0.2) is 0 Å². The fourth-order valence-corrected chi connectivity index (χ4v) is 2.23. The van der Waals surface area contributed by atoms with Crippen molar-refractivity contribution in [1.29, 1.82) is 0 Å². The standard InChI is InChI=1S/C16H13N3O3/c1-22-12-8-6-11(7-9-12)14-10-15(18-17-14)13-4-2-3-5-16(13)19(20)21/h2-10H,1H3,(H,17,18). The van der Waals surface area contributed by atoms with E-state index in [9.17, 15) is 10.1 Å². The normalized spacial score (nSPS) is 10.4. The van der Waals surface area contributed by atoms with Gasteiger partial charge in [0, 0.05) is 11.6 Å². The number of nitrogens with zero attached hydrogens (tertiary/aromatic N) is 2. The molecular weight excluding hydrogens is 282 g/mol. The molecule has 110 valence electrons. The van der Waals surface area contributed by atoms with Gasteiger partial charge in [-0.1, -0.05) is 12.1 Å². The third-order valence-corrected chi connectivity index (χ3v) is 3.35. The average Bonchev–Trinajstić information content (AvgIpc) is 3.04. The number of hydrogen-bond donors (Lipinski definition) is 1. The summed E-state index contributed by atoms with van der Waals surface area (Å²) in [6, 6.07) is 15.8. The van der Waals surface area contributed by atoms with Crippen LogP contribution < -0.4 is 4.74 Å². The monoisotopic (exact) mass is 295 g/mol. The van der Waals surface area contributed by atoms with Crippen molar-refractivity contribution in [3.8, 4) is 28.3 Å². The Balaban J connectivity index is 1.98. The fourth-order valence-electron chi connectivity index (χ4n) is 2.23. The first-order chi connectivity index (χ1) is 10.7. The summed E-state index contributed by atoms with van der Waals surface area (Å²) < 4.78 is 5.12. The molecule has 0 bridgehead atoms. The minimum Gasteiger partial charge on any atom is -0.497 e. The number of hydrogen-bond acceptors (Lipinski definition) is 4. The molecule has 6 heteroatoms. The molecule has 1 N–H and O–H groups in total. The second-order valence-electron chi connectivity index (χ2n) is 4.67. The fraction of sp³-hybridized carbons (Fsp3) is 0.0625. The molecular formula is C16H13N3O3. The van der Waals surface area contributed by atoms with Crippen LogP contribution in [0.5, 0.6) is 5.75 Å². The van der Waals surface area contributed by atoms with E-state index >= 15 is 0 Å². The highest BCUT2D eigenvalue weighted by atomic mass is 16.6. The van der Waals surface area contributed by atoms with Crippen LogP contribution in [-0.4, -0.2) is 22.2 Å². The van der Waals surface area contributed by atoms with Crippen LogP contribution in [0.15, 0.2) is 54.6 Å². The molecule has 22 heavy (non-hydrogen) atoms. The minimum absolute atomic E-state index is 0.0485. The summed E-state index contributed by atoms with van der Waals surface area (Å²) in [4.78, 5) is 10.7. The Labute approximate surface area is 126 Å². The second-order valence-corrected chi connectivity index (χ2v) is 4.67. The number of benzene rings is 2. The number of H-pyrrole nitrogens is 1. The van der Waals surface area contributed by atoms with Crippen LogP contribution in [0.3, 0.4) is 0 Å². The number of nitrogens with one attached hydrogen (secondary N) is 1. The van der Waals surface area contributed by atoms with Crippen molar-refractivity contribution >= 4 is 5.69 Å². The summed E-state index contributed by atoms with van der Waals surface area (Å²) in [6.07, 6.45) is 0. The van der Waals surface area contributed by atoms with Crippen molar-refractivity contribution in [3.05, 3.63) is 64.7 Å². The molecule has 1 aromatic heterocycles. The first-order valence-corrected chi connectivity index (χ1v) is 6.62. The highest BCUT2D eigenvalue weighted by molar-refractivity contribution is 5.74. The van der Waals surface area contributed by atoms with E-state index in [-0.39, 0.29) is 5.69 Å². The Hall–Kier alpha value is -3.15. The van der Waals surface area contributed by atoms with Crippen molar-refractivity contribution in [1.82, 2.24) is 10.2 Å². The van der Waals surface area contributed by atoms with Gasteiger partial charge in [0.2, 0.25) is 0 Å². The smallest absolute Gasteiger partial charge is 0.278 e. The van der Waals surface area contributed by atoms with E-state index in [1.165, 1.54) is 6.07 Å². The quantitative estimate of drug-likeness (QED) is 0.588. The second kappa shape index (κ2) is 5.69. The lowest BCUT2D eigenvalue weighted by atomic mass is 10.1. The lowest BCUT2D eigenvalue weighted by Crippen LogP contribution is -1.91. The molecule has 0 aliphatic rings. The van der Waals surface area contributed by atoms with E-state index in [4.69, 9.17) is 4.74 Å². The molecule has 0 atom stereocenters. The van der Waals surface area contributed by atoms with Crippen molar-refractivity contribution in [2.24, 2.45) is 0 Å². The minimum atomic E-state index is -0.400. The maximum Gasteiger partial charge on any atom is 0.278 e. The molecule has 0 radical (unpaired) electrons. The van der Waals surface area contributed by atoms with Crippen LogP contribution in [0.1, 0.15) is 0 Å². The highest BCUT2D eigenvalue weighted by Crippen LogP contribution is 2.30. The summed E-state index contributed by atoms with van der Waals surface area (Å²) in [7, 11) is 1.61. The van der Waals surface area contributed by atoms with Crippen LogP contribution in [0.2, 0.25) is 0 Å². The van der Waals surface area contributed by atoms with E-state index in [1.807, 2.05) is 24.3 Å². The van der Waals surface area contributed by atoms with Crippen molar-refractivity contribution in [2.45, 2.75) is 0 Å². The zero-order chi connectivity index (χ0) is 15.5. The molecule has 0 aliphatic heterocycles. The molecule has 2 aromatic carbocycles. The van der Waals surface area contributed by atoms with Crippen LogP contribution in [0.4, 0.5) is 5.69 Å². The van der Waals surface area contributed by atoms with Gasteiger partial charge in [0.15, 0.2) is 0 Å². The van der Waals surface area contributed by atoms with Gasteiger partial charge in [0.1, 0.15) is 5.75 Å². The summed E-state index contributed by atoms with van der Waals surface area (Å²) in [5.41, 5.74) is 2.79. The Bertz CT molecular complexity index is 810. The molecule has 0 saturated carbocycles. The van der Waals surface area contributed by atoms with Gasteiger partial charge in [-0.05, 0) is 36.4 Å². The zero-order valence-corrected chi connectivity index (χ0v) is 11.8. The van der Waals surface area contributed by atoms with Crippen LogP contribution in [0.25, 0.3) is 22.5 Å². The largest absolute Gasteiger partial charge is 0.497 e. The van der Waals surface area contributed by atoms with E-state index in [2.05, 4.69) is 10.2 Å². The predicted octanol–water partition coefficient (Wildman–Crippen LogP) is 3.66. The van der Waals surface area contributed by atoms with Crippen molar-refractivity contribution in [2.75, 3.05) is 7.11 Å². The van der Waals surface area contributed by atoms with E-state index in [0.717, 1.165) is 17.0 Å². The van der Waals surface area contributed by atoms with Gasteiger partial charge in [0.25, 0.3) is 5.69 Å². The van der Waals surface area contributed by atoms with Crippen molar-refractivity contribution in [3.63, 3.8) is 0 Å². The van der Waals surface area contributed by atoms with E-state index < -0.39 is 4.92 Å². The molecule has 1 heterocycles. The van der Waals surface area contributed by atoms with Crippen molar-refractivity contribution < 1.29 is 9.66 Å². The first kappa shape index (κ1) is 13.8. The average molecular weight is 295 g/mol. The summed E-state index contributed by atoms with van der Waals surface area (Å²) in [5, 5.41) is 18.2. The van der Waals surface area contributed by atoms with Gasteiger partial charge >= 0.3 is 0 Å². The first-order valence-electron chi connectivity index (χ1n) is 6.62. The molecule has 3 aromatic rings. The molecule has 0 unspecified atom stereocenters. The Morgan fingerprint density at radius 2 is 1.86 bits per heavy atom. The molecule has 0 amide bonds. The number of nitro groups is 1. The van der Waals surface area contributed by atoms with Gasteiger partial charge in [0.05, 0.1) is 29.0 Å². The maximum atomic E-state index is 11.1. The summed E-state index contributed by atoms with van der Waals surface area (Å²) in [6.45, 7) is 0. The number of aromatic amines is 1. The number of rotatable bonds is 4. The lowest BCUT2D eigenvalue weighted by Gasteiger charge is -2.00. The highest BCUT2D eigenvalue weighted by Gasteiger charge is 2.16. The van der Waals surface area contributed by atoms with Gasteiger partial charge < -0.3 is 4.74 Å². The van der Waals surface area contributed by atoms with Crippen LogP contribution in [-0.2, 0) is 0 Å². The number of para-hydroxylation sites is 1. The number of methoxy groups -OCH3 is 1. The van der Waals surface area contributed by atoms with Gasteiger partial charge in [-0.3, -0.25) is 15.2 Å². The summed E-state index contributed by atoms with van der Waals surface area (Å²) >= 11 is 0. The SMILES string of the molecule is COc1ccc(-c2cc(-c3ccccc3[N+](=O)[O-])[nH]n2)cc1. The molecule has 3 rings (SSSR count). The number of nitro benzene ring substituents is 1. The lowest BCUT2D eigenvalue weighted by molar-refractivity contribution is -0.384. The van der Waals surface area contributed by atoms with Gasteiger partial charge in [-0.2, -0.15) is 5.10 Å². The topological polar surface area (TPSA) is 81.0 Å². The van der Waals surface area contributed by atoms with Crippen LogP contribution >= 0.6 is 0 Å². The number of ether oxygens (including phenoxy) is 1. The third-order valence-electron chi connectivity index (χ3n) is 3.35. The van der Waals surface area contributed by atoms with Gasteiger partial charge in [-0.15, -0.1) is 0 Å². The maximum absolute atomic E-state index is 11.1. The Morgan fingerprint density at radius 3 is 2.55 bits per heavy atom. The Kier molecular flexibility index (Phi) is 3.57. The van der Waals surface area contributed by atoms with E-state index in [0.29, 0.717) is 11.3 Å². The molecule has 0 aliphatic carbocycles. The predicted molar refractivity (Wildman–Crippen MR) is 82.7 cm³/mol. The number of aromatic nitrogens is 2. The van der Waals surface area contributed by atoms with E-state index in [1.54, 1.807) is 31.4 Å². The molecule has 0 spiro atoms. The summed E-state index contributed by atoms with van der Waals surface area (Å²) in [5.74, 6) is 0.762.